The van der Waals surface area contributed by atoms with Crippen molar-refractivity contribution in [2.24, 2.45) is 0 Å². The third kappa shape index (κ3) is 4.02. The Balaban J connectivity index is 1.97. The molecule has 2 aromatic heterocycles. The van der Waals surface area contributed by atoms with Gasteiger partial charge in [-0.1, -0.05) is 37.1 Å². The van der Waals surface area contributed by atoms with Crippen molar-refractivity contribution < 1.29 is 9.59 Å². The Bertz CT molecular complexity index is 1030. The fourth-order valence-electron chi connectivity index (χ4n) is 2.94. The fourth-order valence-corrected chi connectivity index (χ4v) is 3.11. The van der Waals surface area contributed by atoms with Gasteiger partial charge in [0.2, 0.25) is 5.82 Å². The number of nitrogens with zero attached hydrogens (tertiary/aromatic N) is 3. The number of pyridine rings is 1. The highest BCUT2D eigenvalue weighted by atomic mass is 35.5. The van der Waals surface area contributed by atoms with E-state index in [-0.39, 0.29) is 17.4 Å². The van der Waals surface area contributed by atoms with Crippen molar-refractivity contribution in [3.63, 3.8) is 0 Å². The van der Waals surface area contributed by atoms with Crippen LogP contribution < -0.4 is 5.32 Å². The third-order valence-electron chi connectivity index (χ3n) is 4.60. The minimum Gasteiger partial charge on any atom is -0.340 e. The molecule has 0 radical (unpaired) electrons. The van der Waals surface area contributed by atoms with E-state index >= 15 is 0 Å². The van der Waals surface area contributed by atoms with E-state index in [0.717, 1.165) is 18.4 Å². The number of hydrogen-bond acceptors (Lipinski definition) is 3. The second-order valence-corrected chi connectivity index (χ2v) is 7.17. The van der Waals surface area contributed by atoms with Crippen molar-refractivity contribution in [1.29, 1.82) is 0 Å². The summed E-state index contributed by atoms with van der Waals surface area (Å²) in [5, 5.41) is 3.37. The first-order valence-corrected chi connectivity index (χ1v) is 9.60. The smallest absolute Gasteiger partial charge is 0.292 e. The minimum absolute atomic E-state index is 0.155. The van der Waals surface area contributed by atoms with Gasteiger partial charge in [0.05, 0.1) is 5.52 Å². The second kappa shape index (κ2) is 8.44. The molecule has 0 saturated carbocycles. The molecule has 1 aromatic carbocycles. The summed E-state index contributed by atoms with van der Waals surface area (Å²) in [6, 6.07) is 10.7. The normalized spacial score (nSPS) is 10.9. The van der Waals surface area contributed by atoms with E-state index in [0.29, 0.717) is 22.8 Å². The number of aromatic nitrogens is 2. The maximum atomic E-state index is 12.9. The van der Waals surface area contributed by atoms with Crippen molar-refractivity contribution in [1.82, 2.24) is 14.3 Å². The zero-order valence-corrected chi connectivity index (χ0v) is 17.0. The largest absolute Gasteiger partial charge is 0.340 e. The van der Waals surface area contributed by atoms with E-state index in [1.807, 2.05) is 19.1 Å². The van der Waals surface area contributed by atoms with E-state index < -0.39 is 5.91 Å². The Morgan fingerprint density at radius 3 is 2.79 bits per heavy atom. The number of anilines is 1. The molecular formula is C21H23ClN4O2. The number of unbranched alkanes of at least 4 members (excludes halogenated alkanes) is 1. The average molecular weight is 399 g/mol. The van der Waals surface area contributed by atoms with E-state index in [2.05, 4.69) is 17.2 Å². The third-order valence-corrected chi connectivity index (χ3v) is 4.83. The number of halogens is 1. The summed E-state index contributed by atoms with van der Waals surface area (Å²) >= 11 is 6.04. The molecule has 0 bridgehead atoms. The first-order valence-electron chi connectivity index (χ1n) is 9.22. The molecular weight excluding hydrogens is 376 g/mol. The van der Waals surface area contributed by atoms with Crippen molar-refractivity contribution >= 4 is 34.6 Å². The van der Waals surface area contributed by atoms with Crippen molar-refractivity contribution in [3.8, 4) is 0 Å². The molecule has 28 heavy (non-hydrogen) atoms. The summed E-state index contributed by atoms with van der Waals surface area (Å²) in [5.74, 6) is -0.445. The number of aryl methyl sites for hydroxylation is 1. The Labute approximate surface area is 169 Å². The van der Waals surface area contributed by atoms with E-state index in [9.17, 15) is 9.59 Å². The van der Waals surface area contributed by atoms with Crippen LogP contribution in [0.4, 0.5) is 5.69 Å². The van der Waals surface area contributed by atoms with Gasteiger partial charge < -0.3 is 10.2 Å². The van der Waals surface area contributed by atoms with Crippen molar-refractivity contribution in [2.75, 3.05) is 18.9 Å². The topological polar surface area (TPSA) is 66.7 Å². The van der Waals surface area contributed by atoms with Crippen LogP contribution in [0.1, 0.15) is 46.4 Å². The lowest BCUT2D eigenvalue weighted by Crippen LogP contribution is -2.28. The van der Waals surface area contributed by atoms with Gasteiger partial charge >= 0.3 is 0 Å². The number of nitrogens with one attached hydrogen (secondary N) is 1. The van der Waals surface area contributed by atoms with E-state index in [1.165, 1.54) is 0 Å². The van der Waals surface area contributed by atoms with Gasteiger partial charge in [0, 0.05) is 30.5 Å². The SMILES string of the molecule is CCCCN(C)C(=O)c1nc(C(=O)Nc2cc(Cl)ccc2C)n2ccccc12. The average Bonchev–Trinajstić information content (AvgIpc) is 3.08. The number of carbonyl (C=O) groups is 2. The molecule has 0 aliphatic rings. The number of amides is 2. The van der Waals surface area contributed by atoms with Gasteiger partial charge in [-0.05, 0) is 43.2 Å². The monoisotopic (exact) mass is 398 g/mol. The van der Waals surface area contributed by atoms with Crippen LogP contribution in [0.25, 0.3) is 5.52 Å². The molecule has 0 atom stereocenters. The van der Waals surface area contributed by atoms with Crippen LogP contribution in [0.5, 0.6) is 0 Å². The van der Waals surface area contributed by atoms with E-state index in [4.69, 9.17) is 11.6 Å². The van der Waals surface area contributed by atoms with Gasteiger partial charge in [-0.3, -0.25) is 14.0 Å². The minimum atomic E-state index is -0.401. The summed E-state index contributed by atoms with van der Waals surface area (Å²) in [7, 11) is 1.75. The molecule has 2 amide bonds. The van der Waals surface area contributed by atoms with Crippen LogP contribution in [0, 0.1) is 6.92 Å². The number of hydrogen-bond donors (Lipinski definition) is 1. The van der Waals surface area contributed by atoms with Gasteiger partial charge in [0.25, 0.3) is 11.8 Å². The quantitative estimate of drug-likeness (QED) is 0.668. The lowest BCUT2D eigenvalue weighted by atomic mass is 10.2. The number of benzene rings is 1. The molecule has 0 saturated heterocycles. The predicted molar refractivity (Wildman–Crippen MR) is 111 cm³/mol. The molecule has 1 N–H and O–H groups in total. The Hall–Kier alpha value is -2.86. The molecule has 0 unspecified atom stereocenters. The standard InChI is InChI=1S/C21H23ClN4O2/c1-4-5-11-25(3)21(28)18-17-8-6-7-12-26(17)19(24-18)20(27)23-16-13-15(22)10-9-14(16)2/h6-10,12-13H,4-5,11H2,1-3H3,(H,23,27). The predicted octanol–water partition coefficient (Wildman–Crippen LogP) is 4.42. The zero-order valence-electron chi connectivity index (χ0n) is 16.2. The van der Waals surface area contributed by atoms with Crippen LogP contribution >= 0.6 is 11.6 Å². The summed E-state index contributed by atoms with van der Waals surface area (Å²) in [6.45, 7) is 4.60. The molecule has 0 spiro atoms. The van der Waals surface area contributed by atoms with Gasteiger partial charge in [-0.2, -0.15) is 0 Å². The summed E-state index contributed by atoms with van der Waals surface area (Å²) in [6.07, 6.45) is 3.63. The van der Waals surface area contributed by atoms with Crippen LogP contribution in [-0.2, 0) is 0 Å². The molecule has 0 fully saturated rings. The molecule has 2 heterocycles. The van der Waals surface area contributed by atoms with Gasteiger partial charge in [-0.15, -0.1) is 0 Å². The van der Waals surface area contributed by atoms with Crippen LogP contribution in [0.3, 0.4) is 0 Å². The van der Waals surface area contributed by atoms with E-state index in [1.54, 1.807) is 46.8 Å². The molecule has 146 valence electrons. The molecule has 3 rings (SSSR count). The van der Waals surface area contributed by atoms with Gasteiger partial charge in [0.15, 0.2) is 5.69 Å². The number of fused-ring (bicyclic) bond motifs is 1. The Morgan fingerprint density at radius 1 is 1.25 bits per heavy atom. The molecule has 0 aliphatic heterocycles. The molecule has 3 aromatic rings. The first kappa shape index (κ1) is 19.9. The highest BCUT2D eigenvalue weighted by Crippen LogP contribution is 2.22. The number of rotatable bonds is 6. The lowest BCUT2D eigenvalue weighted by Gasteiger charge is -2.15. The van der Waals surface area contributed by atoms with Gasteiger partial charge in [0.1, 0.15) is 0 Å². The molecule has 7 heteroatoms. The zero-order chi connectivity index (χ0) is 20.3. The maximum Gasteiger partial charge on any atom is 0.292 e. The number of carbonyl (C=O) groups excluding carboxylic acids is 2. The highest BCUT2D eigenvalue weighted by Gasteiger charge is 2.23. The maximum absolute atomic E-state index is 12.9. The highest BCUT2D eigenvalue weighted by molar-refractivity contribution is 6.31. The van der Waals surface area contributed by atoms with Crippen LogP contribution in [0.15, 0.2) is 42.6 Å². The number of imidazole rings is 1. The lowest BCUT2D eigenvalue weighted by molar-refractivity contribution is 0.0790. The summed E-state index contributed by atoms with van der Waals surface area (Å²) in [4.78, 5) is 31.8. The molecule has 0 aliphatic carbocycles. The van der Waals surface area contributed by atoms with Gasteiger partial charge in [-0.25, -0.2) is 4.98 Å². The Morgan fingerprint density at radius 2 is 2.04 bits per heavy atom. The summed E-state index contributed by atoms with van der Waals surface area (Å²) < 4.78 is 1.64. The van der Waals surface area contributed by atoms with Crippen molar-refractivity contribution in [3.05, 3.63) is 64.7 Å². The first-order chi connectivity index (χ1) is 13.4. The van der Waals surface area contributed by atoms with Crippen molar-refractivity contribution in [2.45, 2.75) is 26.7 Å². The molecule has 6 nitrogen and oxygen atoms in total. The fraction of sp³-hybridized carbons (Fsp3) is 0.286. The van der Waals surface area contributed by atoms with Crippen LogP contribution in [0.2, 0.25) is 5.02 Å². The Kier molecular flexibility index (Phi) is 5.99. The van der Waals surface area contributed by atoms with Crippen LogP contribution in [-0.4, -0.2) is 39.7 Å². The summed E-state index contributed by atoms with van der Waals surface area (Å²) in [5.41, 5.74) is 2.36. The second-order valence-electron chi connectivity index (χ2n) is 6.73.